The number of carbonyl (C=O) groups is 1. The van der Waals surface area contributed by atoms with E-state index in [1.54, 1.807) is 13.0 Å². The molecular weight excluding hydrogens is 386 g/mol. The van der Waals surface area contributed by atoms with Gasteiger partial charge in [0.1, 0.15) is 11.6 Å². The van der Waals surface area contributed by atoms with Gasteiger partial charge >= 0.3 is 0 Å². The Balaban J connectivity index is 1.89. The number of amides is 1. The van der Waals surface area contributed by atoms with Crippen molar-refractivity contribution in [1.29, 1.82) is 0 Å². The number of hydrogen-bond donors (Lipinski definition) is 1. The fourth-order valence-corrected chi connectivity index (χ4v) is 5.01. The summed E-state index contributed by atoms with van der Waals surface area (Å²) in [6.07, 6.45) is 3.63. The lowest BCUT2D eigenvalue weighted by Gasteiger charge is -2.21. The molecule has 0 unspecified atom stereocenters. The molecule has 0 spiro atoms. The lowest BCUT2D eigenvalue weighted by atomic mass is 10.1. The lowest BCUT2D eigenvalue weighted by molar-refractivity contribution is 0.102. The van der Waals surface area contributed by atoms with Crippen molar-refractivity contribution < 1.29 is 22.0 Å². The van der Waals surface area contributed by atoms with Crippen molar-refractivity contribution in [2.45, 2.75) is 37.5 Å². The number of sulfonamides is 1. The second-order valence-electron chi connectivity index (χ2n) is 6.88. The highest BCUT2D eigenvalue weighted by Crippen LogP contribution is 2.26. The van der Waals surface area contributed by atoms with Crippen LogP contribution in [0.25, 0.3) is 0 Å². The molecule has 1 fully saturated rings. The summed E-state index contributed by atoms with van der Waals surface area (Å²) in [6.45, 7) is 2.61. The molecule has 0 aromatic heterocycles. The van der Waals surface area contributed by atoms with E-state index in [1.165, 1.54) is 16.4 Å². The van der Waals surface area contributed by atoms with Crippen LogP contribution < -0.4 is 5.32 Å². The monoisotopic (exact) mass is 408 g/mol. The first kappa shape index (κ1) is 20.4. The smallest absolute Gasteiger partial charge is 0.258 e. The second kappa shape index (κ2) is 8.36. The van der Waals surface area contributed by atoms with Crippen molar-refractivity contribution in [1.82, 2.24) is 4.31 Å². The van der Waals surface area contributed by atoms with Gasteiger partial charge in [-0.15, -0.1) is 0 Å². The summed E-state index contributed by atoms with van der Waals surface area (Å²) in [5, 5.41) is 2.45. The highest BCUT2D eigenvalue weighted by molar-refractivity contribution is 7.89. The molecule has 1 aliphatic rings. The molecular formula is C20H22F2N2O3S. The van der Waals surface area contributed by atoms with Crippen molar-refractivity contribution in [3.63, 3.8) is 0 Å². The van der Waals surface area contributed by atoms with E-state index in [9.17, 15) is 22.0 Å². The second-order valence-corrected chi connectivity index (χ2v) is 8.78. The van der Waals surface area contributed by atoms with Crippen LogP contribution in [0.4, 0.5) is 14.5 Å². The third kappa shape index (κ3) is 4.39. The van der Waals surface area contributed by atoms with Gasteiger partial charge in [-0.1, -0.05) is 18.9 Å². The summed E-state index contributed by atoms with van der Waals surface area (Å²) in [5.41, 5.74) is 0.310. The van der Waals surface area contributed by atoms with Crippen LogP contribution >= 0.6 is 0 Å². The molecule has 0 aliphatic carbocycles. The minimum Gasteiger partial charge on any atom is -0.322 e. The molecule has 1 N–H and O–H groups in total. The summed E-state index contributed by atoms with van der Waals surface area (Å²) >= 11 is 0. The maximum absolute atomic E-state index is 13.8. The SMILES string of the molecule is Cc1ccc(NC(=O)c2cc(F)ccc2F)cc1S(=O)(=O)N1CCCCCC1. The molecule has 150 valence electrons. The molecule has 8 heteroatoms. The van der Waals surface area contributed by atoms with Gasteiger partial charge in [0, 0.05) is 18.8 Å². The van der Waals surface area contributed by atoms with Crippen LogP contribution in [0.15, 0.2) is 41.3 Å². The van der Waals surface area contributed by atoms with E-state index in [0.717, 1.165) is 43.9 Å². The number of nitrogens with zero attached hydrogens (tertiary/aromatic N) is 1. The Labute approximate surface area is 163 Å². The minimum atomic E-state index is -3.71. The van der Waals surface area contributed by atoms with Crippen molar-refractivity contribution in [2.24, 2.45) is 0 Å². The van der Waals surface area contributed by atoms with Crippen LogP contribution in [-0.2, 0) is 10.0 Å². The van der Waals surface area contributed by atoms with Crippen LogP contribution in [0.5, 0.6) is 0 Å². The third-order valence-corrected chi connectivity index (χ3v) is 6.84. The number of hydrogen-bond acceptors (Lipinski definition) is 3. The summed E-state index contributed by atoms with van der Waals surface area (Å²) in [4.78, 5) is 12.4. The zero-order chi connectivity index (χ0) is 20.3. The summed E-state index contributed by atoms with van der Waals surface area (Å²) in [6, 6.07) is 7.07. The van der Waals surface area contributed by atoms with Crippen LogP contribution in [0, 0.1) is 18.6 Å². The van der Waals surface area contributed by atoms with Gasteiger partial charge in [0.25, 0.3) is 5.91 Å². The fourth-order valence-electron chi connectivity index (χ4n) is 3.25. The highest BCUT2D eigenvalue weighted by atomic mass is 32.2. The van der Waals surface area contributed by atoms with Crippen LogP contribution in [0.3, 0.4) is 0 Å². The number of halogens is 2. The normalized spacial score (nSPS) is 15.8. The molecule has 5 nitrogen and oxygen atoms in total. The molecule has 0 saturated carbocycles. The van der Waals surface area contributed by atoms with Crippen molar-refractivity contribution in [2.75, 3.05) is 18.4 Å². The zero-order valence-electron chi connectivity index (χ0n) is 15.5. The topological polar surface area (TPSA) is 66.5 Å². The quantitative estimate of drug-likeness (QED) is 0.829. The molecule has 28 heavy (non-hydrogen) atoms. The first-order chi connectivity index (χ1) is 13.3. The first-order valence-electron chi connectivity index (χ1n) is 9.16. The average Bonchev–Trinajstić information content (AvgIpc) is 2.95. The highest BCUT2D eigenvalue weighted by Gasteiger charge is 2.27. The van der Waals surface area contributed by atoms with E-state index in [-0.39, 0.29) is 10.6 Å². The van der Waals surface area contributed by atoms with Gasteiger partial charge in [-0.2, -0.15) is 4.31 Å². The van der Waals surface area contributed by atoms with Gasteiger partial charge in [0.2, 0.25) is 10.0 Å². The van der Waals surface area contributed by atoms with Crippen molar-refractivity contribution in [3.8, 4) is 0 Å². The molecule has 1 aliphatic heterocycles. The summed E-state index contributed by atoms with van der Waals surface area (Å²) in [7, 11) is -3.71. The van der Waals surface area contributed by atoms with Crippen molar-refractivity contribution in [3.05, 3.63) is 59.2 Å². The van der Waals surface area contributed by atoms with E-state index in [2.05, 4.69) is 5.32 Å². The lowest BCUT2D eigenvalue weighted by Crippen LogP contribution is -2.32. The van der Waals surface area contributed by atoms with E-state index in [4.69, 9.17) is 0 Å². The number of nitrogens with one attached hydrogen (secondary N) is 1. The predicted octanol–water partition coefficient (Wildman–Crippen LogP) is 4.09. The van der Waals surface area contributed by atoms with Crippen LogP contribution in [0.1, 0.15) is 41.6 Å². The molecule has 0 atom stereocenters. The molecule has 2 aromatic rings. The molecule has 1 heterocycles. The standard InChI is InChI=1S/C20H22F2N2O3S/c1-14-6-8-16(23-20(25)17-12-15(21)7-9-18(17)22)13-19(14)28(26,27)24-10-4-2-3-5-11-24/h6-9,12-13H,2-5,10-11H2,1H3,(H,23,25). The number of carbonyl (C=O) groups excluding carboxylic acids is 1. The maximum atomic E-state index is 13.8. The van der Waals surface area contributed by atoms with Gasteiger partial charge in [0.15, 0.2) is 0 Å². The van der Waals surface area contributed by atoms with Gasteiger partial charge < -0.3 is 5.32 Å². The summed E-state index contributed by atoms with van der Waals surface area (Å²) in [5.74, 6) is -2.44. The van der Waals surface area contributed by atoms with E-state index in [0.29, 0.717) is 18.7 Å². The fraction of sp³-hybridized carbons (Fsp3) is 0.350. The van der Waals surface area contributed by atoms with Crippen molar-refractivity contribution >= 4 is 21.6 Å². The van der Waals surface area contributed by atoms with Crippen LogP contribution in [0.2, 0.25) is 0 Å². The van der Waals surface area contributed by atoms with Crippen LogP contribution in [-0.4, -0.2) is 31.7 Å². The summed E-state index contributed by atoms with van der Waals surface area (Å²) < 4.78 is 54.7. The largest absolute Gasteiger partial charge is 0.322 e. The zero-order valence-corrected chi connectivity index (χ0v) is 16.4. The Morgan fingerprint density at radius 1 is 1.00 bits per heavy atom. The molecule has 1 saturated heterocycles. The Kier molecular flexibility index (Phi) is 6.10. The molecule has 1 amide bonds. The number of rotatable bonds is 4. The van der Waals surface area contributed by atoms with E-state index < -0.39 is 33.1 Å². The molecule has 2 aromatic carbocycles. The molecule has 0 bridgehead atoms. The molecule has 3 rings (SSSR count). The van der Waals surface area contributed by atoms with Gasteiger partial charge in [-0.3, -0.25) is 4.79 Å². The Morgan fingerprint density at radius 3 is 2.36 bits per heavy atom. The Hall–Kier alpha value is -2.32. The minimum absolute atomic E-state index is 0.104. The Bertz CT molecular complexity index is 985. The van der Waals surface area contributed by atoms with Gasteiger partial charge in [-0.25, -0.2) is 17.2 Å². The molecule has 0 radical (unpaired) electrons. The van der Waals surface area contributed by atoms with Gasteiger partial charge in [-0.05, 0) is 55.7 Å². The van der Waals surface area contributed by atoms with Gasteiger partial charge in [0.05, 0.1) is 10.5 Å². The number of aryl methyl sites for hydroxylation is 1. The first-order valence-corrected chi connectivity index (χ1v) is 10.6. The number of anilines is 1. The third-order valence-electron chi connectivity index (χ3n) is 4.80. The average molecular weight is 408 g/mol. The Morgan fingerprint density at radius 2 is 1.68 bits per heavy atom. The van der Waals surface area contributed by atoms with E-state index in [1.807, 2.05) is 0 Å². The predicted molar refractivity (Wildman–Crippen MR) is 103 cm³/mol. The maximum Gasteiger partial charge on any atom is 0.258 e. The van der Waals surface area contributed by atoms with E-state index >= 15 is 0 Å². The number of benzene rings is 2.